The van der Waals surface area contributed by atoms with Crippen molar-refractivity contribution in [1.82, 2.24) is 15.2 Å². The quantitative estimate of drug-likeness (QED) is 0.170. The standard InChI is InChI=1S/C18H21N5O7S2/c1-8(2)16(26)29-7-30-17(27)10-4-5-31-15-12(14(25)23(10)15)21-13(24)11(22-28-3)9-6-32-18(19)20-9/h4,6,8,12,15H,5,7H2,1-3H3,(H2,19,20)(H,21,24)/b22-11-/t12-,15-/m1/s1. The van der Waals surface area contributed by atoms with Gasteiger partial charge in [-0.1, -0.05) is 19.0 Å². The number of hydrogen-bond acceptors (Lipinski definition) is 12. The second-order valence-corrected chi connectivity index (χ2v) is 8.87. The first-order valence-corrected chi connectivity index (χ1v) is 11.3. The van der Waals surface area contributed by atoms with E-state index in [9.17, 15) is 19.2 Å². The van der Waals surface area contributed by atoms with E-state index in [0.717, 1.165) is 11.3 Å². The molecule has 32 heavy (non-hydrogen) atoms. The predicted molar refractivity (Wildman–Crippen MR) is 115 cm³/mol. The number of nitrogens with one attached hydrogen (secondary N) is 1. The van der Waals surface area contributed by atoms with Gasteiger partial charge in [0.05, 0.1) is 5.92 Å². The molecule has 1 aromatic heterocycles. The van der Waals surface area contributed by atoms with Crippen LogP contribution in [-0.4, -0.2) is 70.4 Å². The number of hydrogen-bond donors (Lipinski definition) is 2. The number of fused-ring (bicyclic) bond motifs is 1. The van der Waals surface area contributed by atoms with Crippen LogP contribution in [-0.2, 0) is 33.5 Å². The Morgan fingerprint density at radius 2 is 2.12 bits per heavy atom. The molecular formula is C18H21N5O7S2. The van der Waals surface area contributed by atoms with E-state index in [0.29, 0.717) is 5.75 Å². The largest absolute Gasteiger partial charge is 0.428 e. The monoisotopic (exact) mass is 483 g/mol. The summed E-state index contributed by atoms with van der Waals surface area (Å²) in [4.78, 5) is 59.2. The Bertz CT molecular complexity index is 990. The third-order valence-electron chi connectivity index (χ3n) is 4.37. The summed E-state index contributed by atoms with van der Waals surface area (Å²) in [6, 6.07) is -0.888. The zero-order chi connectivity index (χ0) is 23.4. The van der Waals surface area contributed by atoms with Gasteiger partial charge < -0.3 is 25.4 Å². The van der Waals surface area contributed by atoms with E-state index >= 15 is 0 Å². The number of carbonyl (C=O) groups excluding carboxylic acids is 4. The van der Waals surface area contributed by atoms with Crippen LogP contribution in [0.15, 0.2) is 22.3 Å². The van der Waals surface area contributed by atoms with Crippen LogP contribution < -0.4 is 11.1 Å². The average Bonchev–Trinajstić information content (AvgIpc) is 3.20. The lowest BCUT2D eigenvalue weighted by atomic mass is 10.0. The van der Waals surface area contributed by atoms with E-state index in [1.165, 1.54) is 23.8 Å². The first kappa shape index (κ1) is 23.5. The zero-order valence-electron chi connectivity index (χ0n) is 17.4. The Balaban J connectivity index is 1.62. The van der Waals surface area contributed by atoms with Crippen LogP contribution in [0, 0.1) is 5.92 Å². The van der Waals surface area contributed by atoms with Crippen molar-refractivity contribution in [2.24, 2.45) is 11.1 Å². The van der Waals surface area contributed by atoms with Crippen molar-refractivity contribution in [1.29, 1.82) is 0 Å². The maximum absolute atomic E-state index is 12.7. The summed E-state index contributed by atoms with van der Waals surface area (Å²) >= 11 is 2.49. The Labute approximate surface area is 191 Å². The van der Waals surface area contributed by atoms with Crippen molar-refractivity contribution >= 4 is 57.7 Å². The number of nitrogens with zero attached hydrogens (tertiary/aromatic N) is 3. The number of amides is 2. The van der Waals surface area contributed by atoms with Crippen LogP contribution >= 0.6 is 23.1 Å². The maximum atomic E-state index is 12.7. The predicted octanol–water partition coefficient (Wildman–Crippen LogP) is 0.0595. The van der Waals surface area contributed by atoms with E-state index in [1.54, 1.807) is 25.3 Å². The molecule has 172 valence electrons. The van der Waals surface area contributed by atoms with Crippen LogP contribution in [0.2, 0.25) is 0 Å². The van der Waals surface area contributed by atoms with E-state index in [-0.39, 0.29) is 28.2 Å². The summed E-state index contributed by atoms with van der Waals surface area (Å²) in [5, 5.41) is 7.56. The van der Waals surface area contributed by atoms with Crippen molar-refractivity contribution in [2.75, 3.05) is 25.4 Å². The summed E-state index contributed by atoms with van der Waals surface area (Å²) < 4.78 is 9.78. The highest BCUT2D eigenvalue weighted by Gasteiger charge is 2.53. The molecule has 0 spiro atoms. The Hall–Kier alpha value is -3.13. The Morgan fingerprint density at radius 3 is 2.75 bits per heavy atom. The number of rotatable bonds is 8. The highest BCUT2D eigenvalue weighted by atomic mass is 32.2. The minimum Gasteiger partial charge on any atom is -0.428 e. The second-order valence-electron chi connectivity index (χ2n) is 6.83. The molecule has 1 saturated heterocycles. The van der Waals surface area contributed by atoms with Crippen LogP contribution in [0.5, 0.6) is 0 Å². The van der Waals surface area contributed by atoms with Gasteiger partial charge in [0.1, 0.15) is 29.9 Å². The molecule has 3 rings (SSSR count). The van der Waals surface area contributed by atoms with Gasteiger partial charge in [0.15, 0.2) is 10.8 Å². The normalized spacial score (nSPS) is 20.1. The lowest BCUT2D eigenvalue weighted by Crippen LogP contribution is -2.70. The fourth-order valence-electron chi connectivity index (χ4n) is 2.81. The van der Waals surface area contributed by atoms with Crippen LogP contribution in [0.4, 0.5) is 5.13 Å². The molecule has 1 fully saturated rings. The Kier molecular flexibility index (Phi) is 7.35. The van der Waals surface area contributed by atoms with E-state index in [1.807, 2.05) is 0 Å². The highest BCUT2D eigenvalue weighted by molar-refractivity contribution is 8.00. The minimum atomic E-state index is -0.888. The van der Waals surface area contributed by atoms with Gasteiger partial charge in [0, 0.05) is 11.1 Å². The lowest BCUT2D eigenvalue weighted by molar-refractivity contribution is -0.170. The van der Waals surface area contributed by atoms with Crippen molar-refractivity contribution in [2.45, 2.75) is 25.3 Å². The summed E-state index contributed by atoms with van der Waals surface area (Å²) in [6.07, 6.45) is 1.54. The summed E-state index contributed by atoms with van der Waals surface area (Å²) in [5.41, 5.74) is 5.72. The molecule has 14 heteroatoms. The van der Waals surface area contributed by atoms with Gasteiger partial charge in [0.2, 0.25) is 6.79 Å². The van der Waals surface area contributed by atoms with Gasteiger partial charge in [-0.2, -0.15) is 0 Å². The third-order valence-corrected chi connectivity index (χ3v) is 6.22. The first-order chi connectivity index (χ1) is 15.2. The average molecular weight is 484 g/mol. The number of nitrogen functional groups attached to an aromatic ring is 1. The number of oxime groups is 1. The first-order valence-electron chi connectivity index (χ1n) is 9.36. The molecule has 0 aliphatic carbocycles. The van der Waals surface area contributed by atoms with Gasteiger partial charge in [-0.3, -0.25) is 19.3 Å². The van der Waals surface area contributed by atoms with E-state index in [2.05, 4.69) is 15.5 Å². The molecule has 0 bridgehead atoms. The summed E-state index contributed by atoms with van der Waals surface area (Å²) in [5.74, 6) is -2.43. The van der Waals surface area contributed by atoms with Gasteiger partial charge in [-0.05, 0) is 6.08 Å². The molecule has 0 aromatic carbocycles. The van der Waals surface area contributed by atoms with Crippen molar-refractivity contribution in [3.63, 3.8) is 0 Å². The zero-order valence-corrected chi connectivity index (χ0v) is 19.0. The van der Waals surface area contributed by atoms with E-state index < -0.39 is 42.0 Å². The number of anilines is 1. The summed E-state index contributed by atoms with van der Waals surface area (Å²) in [7, 11) is 1.28. The number of carbonyl (C=O) groups is 4. The molecule has 0 unspecified atom stereocenters. The molecule has 2 aliphatic rings. The van der Waals surface area contributed by atoms with Crippen molar-refractivity contribution < 1.29 is 33.5 Å². The minimum absolute atomic E-state index is 0.0305. The number of ether oxygens (including phenoxy) is 2. The molecule has 2 amide bonds. The molecule has 0 saturated carbocycles. The van der Waals surface area contributed by atoms with Gasteiger partial charge in [-0.15, -0.1) is 23.1 Å². The van der Waals surface area contributed by atoms with E-state index in [4.69, 9.17) is 20.0 Å². The van der Waals surface area contributed by atoms with Gasteiger partial charge in [-0.25, -0.2) is 9.78 Å². The molecule has 3 heterocycles. The summed E-state index contributed by atoms with van der Waals surface area (Å²) in [6.45, 7) is 2.74. The lowest BCUT2D eigenvalue weighted by Gasteiger charge is -2.48. The van der Waals surface area contributed by atoms with Crippen LogP contribution in [0.3, 0.4) is 0 Å². The van der Waals surface area contributed by atoms with Crippen LogP contribution in [0.1, 0.15) is 19.5 Å². The Morgan fingerprint density at radius 1 is 1.38 bits per heavy atom. The SMILES string of the molecule is CO/N=C(\C(=O)N[C@@H]1C(=O)N2C(C(=O)OCOC(=O)C(C)C)=CCS[C@H]12)c1csc(N)n1. The molecule has 2 atom stereocenters. The number of thiazole rings is 1. The molecule has 0 radical (unpaired) electrons. The van der Waals surface area contributed by atoms with Crippen molar-refractivity contribution in [3.8, 4) is 0 Å². The number of nitrogens with two attached hydrogens (primary N) is 1. The molecule has 2 aliphatic heterocycles. The molecule has 3 N–H and O–H groups in total. The molecule has 12 nitrogen and oxygen atoms in total. The van der Waals surface area contributed by atoms with Gasteiger partial charge >= 0.3 is 11.9 Å². The van der Waals surface area contributed by atoms with Gasteiger partial charge in [0.25, 0.3) is 11.8 Å². The highest BCUT2D eigenvalue weighted by Crippen LogP contribution is 2.37. The molecular weight excluding hydrogens is 462 g/mol. The van der Waals surface area contributed by atoms with Crippen LogP contribution in [0.25, 0.3) is 0 Å². The topological polar surface area (TPSA) is 163 Å². The number of thioether (sulfide) groups is 1. The number of aromatic nitrogens is 1. The van der Waals surface area contributed by atoms with Crippen molar-refractivity contribution in [3.05, 3.63) is 22.8 Å². The smallest absolute Gasteiger partial charge is 0.357 e. The number of esters is 2. The second kappa shape index (κ2) is 9.99. The maximum Gasteiger partial charge on any atom is 0.357 e. The number of β-lactam (4-membered cyclic amide) rings is 1. The third kappa shape index (κ3) is 4.85. The fourth-order valence-corrected chi connectivity index (χ4v) is 4.56. The molecule has 1 aromatic rings. The fraction of sp³-hybridized carbons (Fsp3) is 0.444.